The highest BCUT2D eigenvalue weighted by molar-refractivity contribution is 6.08. The Bertz CT molecular complexity index is 970. The van der Waals surface area contributed by atoms with Crippen LogP contribution in [0, 0.1) is 11.6 Å². The number of piperidine rings is 1. The fourth-order valence-electron chi connectivity index (χ4n) is 4.30. The van der Waals surface area contributed by atoms with E-state index >= 15 is 0 Å². The molecule has 1 aliphatic heterocycles. The van der Waals surface area contributed by atoms with E-state index in [1.165, 1.54) is 24.3 Å². The van der Waals surface area contributed by atoms with E-state index < -0.39 is 36.4 Å². The first-order valence-electron chi connectivity index (χ1n) is 9.59. The van der Waals surface area contributed by atoms with Gasteiger partial charge in [-0.15, -0.1) is 0 Å². The summed E-state index contributed by atoms with van der Waals surface area (Å²) in [5.74, 6) is -0.891. The molecule has 1 aliphatic rings. The molecule has 156 valence electrons. The molecular formula is C21H21F5N2O. The molecule has 0 amide bonds. The van der Waals surface area contributed by atoms with Crippen LogP contribution in [0.1, 0.15) is 25.3 Å². The Morgan fingerprint density at radius 2 is 1.55 bits per heavy atom. The third-order valence-electron chi connectivity index (χ3n) is 5.62. The van der Waals surface area contributed by atoms with Crippen molar-refractivity contribution in [1.82, 2.24) is 9.47 Å². The largest absolute Gasteiger partial charge is 0.391 e. The Labute approximate surface area is 164 Å². The molecule has 1 N–H and O–H groups in total. The normalized spacial score (nSPS) is 21.3. The second kappa shape index (κ2) is 7.57. The van der Waals surface area contributed by atoms with Crippen LogP contribution in [0.4, 0.5) is 22.0 Å². The summed E-state index contributed by atoms with van der Waals surface area (Å²) in [6.45, 7) is 1.16. The standard InChI is InChI=1S/C21H21F5N2O/c22-13-2-4-17-15(10-13)16-11-14(23)3-5-18(16)28(17)19-12-27(9-6-20(19)29)8-1-7-21(24,25)26/h2-5,10-11,19-20,29H,1,6-9,12H2. The van der Waals surface area contributed by atoms with Crippen molar-refractivity contribution in [2.75, 3.05) is 19.6 Å². The molecule has 2 unspecified atom stereocenters. The van der Waals surface area contributed by atoms with E-state index in [4.69, 9.17) is 0 Å². The summed E-state index contributed by atoms with van der Waals surface area (Å²) >= 11 is 0. The molecule has 0 spiro atoms. The van der Waals surface area contributed by atoms with Gasteiger partial charge < -0.3 is 14.6 Å². The highest BCUT2D eigenvalue weighted by Gasteiger charge is 2.32. The molecule has 1 saturated heterocycles. The van der Waals surface area contributed by atoms with Crippen LogP contribution in [0.25, 0.3) is 21.8 Å². The number of halogens is 5. The van der Waals surface area contributed by atoms with Crippen molar-refractivity contribution in [3.05, 3.63) is 48.0 Å². The molecule has 0 bridgehead atoms. The number of hydrogen-bond acceptors (Lipinski definition) is 2. The molecular weight excluding hydrogens is 391 g/mol. The van der Waals surface area contributed by atoms with Crippen molar-refractivity contribution in [2.45, 2.75) is 37.6 Å². The summed E-state index contributed by atoms with van der Waals surface area (Å²) in [5, 5.41) is 11.8. The maximum absolute atomic E-state index is 13.8. The van der Waals surface area contributed by atoms with Crippen LogP contribution in [-0.4, -0.2) is 46.5 Å². The van der Waals surface area contributed by atoms with Gasteiger partial charge in [0.2, 0.25) is 0 Å². The van der Waals surface area contributed by atoms with Crippen molar-refractivity contribution in [3.63, 3.8) is 0 Å². The average molecular weight is 412 g/mol. The van der Waals surface area contributed by atoms with Crippen molar-refractivity contribution in [2.24, 2.45) is 0 Å². The number of alkyl halides is 3. The fourth-order valence-corrected chi connectivity index (χ4v) is 4.30. The summed E-state index contributed by atoms with van der Waals surface area (Å²) in [5.41, 5.74) is 1.32. The maximum Gasteiger partial charge on any atom is 0.389 e. The van der Waals surface area contributed by atoms with Crippen LogP contribution in [0.2, 0.25) is 0 Å². The second-order valence-corrected chi connectivity index (χ2v) is 7.64. The minimum Gasteiger partial charge on any atom is -0.391 e. The molecule has 2 heterocycles. The van der Waals surface area contributed by atoms with Gasteiger partial charge in [0.25, 0.3) is 0 Å². The summed E-state index contributed by atoms with van der Waals surface area (Å²) in [6, 6.07) is 8.06. The van der Waals surface area contributed by atoms with E-state index in [0.717, 1.165) is 0 Å². The number of aliphatic hydroxyl groups is 1. The lowest BCUT2D eigenvalue weighted by atomic mass is 10.0. The van der Waals surface area contributed by atoms with Crippen LogP contribution < -0.4 is 0 Å². The van der Waals surface area contributed by atoms with E-state index in [1.54, 1.807) is 12.1 Å². The van der Waals surface area contributed by atoms with E-state index in [1.807, 2.05) is 9.47 Å². The van der Waals surface area contributed by atoms with E-state index in [9.17, 15) is 27.1 Å². The van der Waals surface area contributed by atoms with Crippen LogP contribution >= 0.6 is 0 Å². The van der Waals surface area contributed by atoms with Gasteiger partial charge in [0, 0.05) is 41.3 Å². The Kier molecular flexibility index (Phi) is 5.25. The molecule has 2 aromatic carbocycles. The minimum atomic E-state index is -4.18. The number of nitrogens with zero attached hydrogens (tertiary/aromatic N) is 2. The molecule has 4 rings (SSSR count). The lowest BCUT2D eigenvalue weighted by Gasteiger charge is -2.37. The van der Waals surface area contributed by atoms with Gasteiger partial charge in [0.15, 0.2) is 0 Å². The highest BCUT2D eigenvalue weighted by atomic mass is 19.4. The molecule has 3 nitrogen and oxygen atoms in total. The van der Waals surface area contributed by atoms with E-state index in [-0.39, 0.29) is 13.0 Å². The SMILES string of the molecule is OC1CCN(CCCC(F)(F)F)CC1n1c2ccc(F)cc2c2cc(F)ccc21. The number of hydrogen-bond donors (Lipinski definition) is 1. The van der Waals surface area contributed by atoms with Crippen molar-refractivity contribution < 1.29 is 27.1 Å². The molecule has 0 aliphatic carbocycles. The predicted molar refractivity (Wildman–Crippen MR) is 101 cm³/mol. The highest BCUT2D eigenvalue weighted by Crippen LogP contribution is 2.36. The van der Waals surface area contributed by atoms with Gasteiger partial charge >= 0.3 is 6.18 Å². The Morgan fingerprint density at radius 1 is 0.966 bits per heavy atom. The Balaban J connectivity index is 1.70. The van der Waals surface area contributed by atoms with Gasteiger partial charge in [-0.1, -0.05) is 0 Å². The molecule has 0 radical (unpaired) electrons. The van der Waals surface area contributed by atoms with E-state index in [2.05, 4.69) is 0 Å². The average Bonchev–Trinajstić information content (AvgIpc) is 2.95. The van der Waals surface area contributed by atoms with Crippen molar-refractivity contribution >= 4 is 21.8 Å². The topological polar surface area (TPSA) is 28.4 Å². The number of likely N-dealkylation sites (tertiary alicyclic amines) is 1. The lowest BCUT2D eigenvalue weighted by molar-refractivity contribution is -0.136. The zero-order valence-corrected chi connectivity index (χ0v) is 15.6. The van der Waals surface area contributed by atoms with Gasteiger partial charge in [-0.3, -0.25) is 0 Å². The molecule has 0 saturated carbocycles. The summed E-state index contributed by atoms with van der Waals surface area (Å²) in [4.78, 5) is 1.91. The summed E-state index contributed by atoms with van der Waals surface area (Å²) < 4.78 is 66.9. The van der Waals surface area contributed by atoms with Gasteiger partial charge in [-0.05, 0) is 55.8 Å². The number of aliphatic hydroxyl groups excluding tert-OH is 1. The first kappa shape index (κ1) is 20.1. The van der Waals surface area contributed by atoms with Crippen LogP contribution in [0.5, 0.6) is 0 Å². The van der Waals surface area contributed by atoms with Crippen molar-refractivity contribution in [3.8, 4) is 0 Å². The van der Waals surface area contributed by atoms with Crippen LogP contribution in [-0.2, 0) is 0 Å². The van der Waals surface area contributed by atoms with Crippen molar-refractivity contribution in [1.29, 1.82) is 0 Å². The van der Waals surface area contributed by atoms with Crippen LogP contribution in [0.15, 0.2) is 36.4 Å². The zero-order valence-electron chi connectivity index (χ0n) is 15.6. The quantitative estimate of drug-likeness (QED) is 0.610. The molecule has 29 heavy (non-hydrogen) atoms. The minimum absolute atomic E-state index is 0.00406. The molecule has 8 heteroatoms. The number of fused-ring (bicyclic) bond motifs is 3. The molecule has 1 fully saturated rings. The number of benzene rings is 2. The summed E-state index contributed by atoms with van der Waals surface area (Å²) in [6.07, 6.45) is -5.32. The third kappa shape index (κ3) is 4.09. The molecule has 2 atom stereocenters. The van der Waals surface area contributed by atoms with Gasteiger partial charge in [-0.25, -0.2) is 8.78 Å². The lowest BCUT2D eigenvalue weighted by Crippen LogP contribution is -2.44. The Hall–Kier alpha value is -2.19. The van der Waals surface area contributed by atoms with E-state index in [0.29, 0.717) is 41.3 Å². The van der Waals surface area contributed by atoms with Gasteiger partial charge in [0.1, 0.15) is 11.6 Å². The second-order valence-electron chi connectivity index (χ2n) is 7.64. The summed E-state index contributed by atoms with van der Waals surface area (Å²) in [7, 11) is 0. The third-order valence-corrected chi connectivity index (χ3v) is 5.62. The first-order chi connectivity index (χ1) is 13.7. The monoisotopic (exact) mass is 412 g/mol. The zero-order chi connectivity index (χ0) is 20.8. The fraction of sp³-hybridized carbons (Fsp3) is 0.429. The first-order valence-corrected chi connectivity index (χ1v) is 9.59. The maximum atomic E-state index is 13.8. The predicted octanol–water partition coefficient (Wildman–Crippen LogP) is 5.02. The van der Waals surface area contributed by atoms with Crippen LogP contribution in [0.3, 0.4) is 0 Å². The van der Waals surface area contributed by atoms with Gasteiger partial charge in [-0.2, -0.15) is 13.2 Å². The van der Waals surface area contributed by atoms with Gasteiger partial charge in [0.05, 0.1) is 12.1 Å². The Morgan fingerprint density at radius 3 is 2.10 bits per heavy atom. The molecule has 1 aromatic heterocycles. The smallest absolute Gasteiger partial charge is 0.389 e. The molecule has 3 aromatic rings. The number of aromatic nitrogens is 1. The number of rotatable bonds is 4.